The second-order valence-electron chi connectivity index (χ2n) is 27.4. The van der Waals surface area contributed by atoms with Crippen LogP contribution in [0.15, 0.2) is 85.1 Å². The molecular weight excluding hydrogens is 1330 g/mol. The molecule has 0 radical (unpaired) electrons. The van der Waals surface area contributed by atoms with E-state index in [1.807, 2.05) is 12.2 Å². The molecule has 0 rings (SSSR count). The van der Waals surface area contributed by atoms with Crippen molar-refractivity contribution in [2.75, 3.05) is 39.6 Å². The van der Waals surface area contributed by atoms with E-state index in [2.05, 4.69) is 101 Å². The van der Waals surface area contributed by atoms with Gasteiger partial charge in [-0.3, -0.25) is 37.3 Å². The number of hydrogen-bond acceptors (Lipinski definition) is 15. The van der Waals surface area contributed by atoms with Gasteiger partial charge in [-0.2, -0.15) is 0 Å². The van der Waals surface area contributed by atoms with Gasteiger partial charge >= 0.3 is 39.5 Å². The minimum atomic E-state index is -4.99. The first-order valence-corrected chi connectivity index (χ1v) is 43.8. The number of aliphatic hydroxyl groups is 1. The fraction of sp³-hybridized carbons (Fsp3) is 0.783. The Morgan fingerprint density at radius 2 is 0.500 bits per heavy atom. The van der Waals surface area contributed by atoms with Crippen LogP contribution in [-0.4, -0.2) is 96.7 Å². The second kappa shape index (κ2) is 75.5. The van der Waals surface area contributed by atoms with Crippen molar-refractivity contribution in [2.45, 2.75) is 380 Å². The monoisotopic (exact) mass is 1480 g/mol. The van der Waals surface area contributed by atoms with E-state index in [0.717, 1.165) is 128 Å². The number of carbonyl (C=O) groups is 4. The normalized spacial score (nSPS) is 14.3. The van der Waals surface area contributed by atoms with Crippen LogP contribution >= 0.6 is 15.6 Å². The van der Waals surface area contributed by atoms with Crippen molar-refractivity contribution in [3.05, 3.63) is 85.1 Å². The molecule has 0 heterocycles. The van der Waals surface area contributed by atoms with Crippen LogP contribution in [0.1, 0.15) is 362 Å². The van der Waals surface area contributed by atoms with Crippen LogP contribution in [0.25, 0.3) is 0 Å². The zero-order valence-electron chi connectivity index (χ0n) is 64.8. The van der Waals surface area contributed by atoms with Gasteiger partial charge in [0.2, 0.25) is 0 Å². The fourth-order valence-electron chi connectivity index (χ4n) is 11.1. The fourth-order valence-corrected chi connectivity index (χ4v) is 12.7. The number of hydrogen-bond donors (Lipinski definition) is 3. The van der Waals surface area contributed by atoms with Crippen LogP contribution in [0.3, 0.4) is 0 Å². The Morgan fingerprint density at radius 3 is 0.833 bits per heavy atom. The molecule has 0 bridgehead atoms. The van der Waals surface area contributed by atoms with Crippen molar-refractivity contribution < 1.29 is 80.2 Å². The van der Waals surface area contributed by atoms with E-state index in [-0.39, 0.29) is 25.7 Å². The van der Waals surface area contributed by atoms with Crippen molar-refractivity contribution in [3.63, 3.8) is 0 Å². The number of phosphoric acid groups is 2. The molecule has 0 aliphatic carbocycles. The van der Waals surface area contributed by atoms with E-state index in [1.165, 1.54) is 148 Å². The summed E-state index contributed by atoms with van der Waals surface area (Å²) in [4.78, 5) is 73.0. The SMILES string of the molecule is CCCCC/C=C\C/C=C\C/C=C\C/C=C\C/C=C\CCC(=O)OC[C@H](COP(=O)(O)OC[C@@H](O)COP(=O)(O)OC[C@@H](COC(=O)CCCCCCCCC/C=C\CCCCCC)OC(=O)CCCCCCCCCCCCCCC)OC(=O)CCCCCCC/C=C\CCCCCCCC. The Hall–Kier alpha value is -3.76. The first-order chi connectivity index (χ1) is 49.7. The number of carbonyl (C=O) groups excluding carboxylic acids is 4. The van der Waals surface area contributed by atoms with Gasteiger partial charge in [-0.1, -0.05) is 305 Å². The van der Waals surface area contributed by atoms with Gasteiger partial charge in [0.15, 0.2) is 12.2 Å². The van der Waals surface area contributed by atoms with Gasteiger partial charge in [-0.05, 0) is 116 Å². The van der Waals surface area contributed by atoms with Gasteiger partial charge in [0, 0.05) is 25.7 Å². The molecule has 102 heavy (non-hydrogen) atoms. The van der Waals surface area contributed by atoms with E-state index in [4.69, 9.17) is 37.0 Å². The highest BCUT2D eigenvalue weighted by Crippen LogP contribution is 2.45. The largest absolute Gasteiger partial charge is 0.472 e. The average Bonchev–Trinajstić information content (AvgIpc) is 0.924. The van der Waals surface area contributed by atoms with Crippen LogP contribution in [0.4, 0.5) is 0 Å². The van der Waals surface area contributed by atoms with Crippen molar-refractivity contribution in [3.8, 4) is 0 Å². The summed E-state index contributed by atoms with van der Waals surface area (Å²) in [5.41, 5.74) is 0. The second-order valence-corrected chi connectivity index (χ2v) is 30.3. The zero-order chi connectivity index (χ0) is 74.6. The molecule has 17 nitrogen and oxygen atoms in total. The highest BCUT2D eigenvalue weighted by molar-refractivity contribution is 7.47. The topological polar surface area (TPSA) is 237 Å². The number of allylic oxidation sites excluding steroid dienone is 14. The minimum Gasteiger partial charge on any atom is -0.462 e. The summed E-state index contributed by atoms with van der Waals surface area (Å²) >= 11 is 0. The summed E-state index contributed by atoms with van der Waals surface area (Å²) in [6.07, 6.45) is 78.5. The molecule has 0 amide bonds. The molecule has 0 aromatic carbocycles. The van der Waals surface area contributed by atoms with Crippen LogP contribution in [0.5, 0.6) is 0 Å². The Balaban J connectivity index is 5.39. The molecular formula is C83H148O17P2. The maximum Gasteiger partial charge on any atom is 0.472 e. The lowest BCUT2D eigenvalue weighted by atomic mass is 10.0. The lowest BCUT2D eigenvalue weighted by molar-refractivity contribution is -0.161. The molecule has 2 unspecified atom stereocenters. The zero-order valence-corrected chi connectivity index (χ0v) is 66.6. The van der Waals surface area contributed by atoms with Crippen LogP contribution in [0.2, 0.25) is 0 Å². The Labute approximate surface area is 621 Å². The molecule has 3 N–H and O–H groups in total. The molecule has 592 valence electrons. The predicted octanol–water partition coefficient (Wildman–Crippen LogP) is 23.8. The van der Waals surface area contributed by atoms with E-state index in [0.29, 0.717) is 32.1 Å². The molecule has 0 spiro atoms. The average molecular weight is 1480 g/mol. The Bertz CT molecular complexity index is 2260. The number of ether oxygens (including phenoxy) is 4. The van der Waals surface area contributed by atoms with Crippen molar-refractivity contribution in [1.82, 2.24) is 0 Å². The molecule has 0 saturated carbocycles. The summed E-state index contributed by atoms with van der Waals surface area (Å²) < 4.78 is 68.6. The van der Waals surface area contributed by atoms with E-state index in [9.17, 15) is 43.2 Å². The van der Waals surface area contributed by atoms with E-state index < -0.39 is 97.5 Å². The highest BCUT2D eigenvalue weighted by atomic mass is 31.2. The molecule has 19 heteroatoms. The smallest absolute Gasteiger partial charge is 0.462 e. The van der Waals surface area contributed by atoms with E-state index >= 15 is 0 Å². The Kier molecular flexibility index (Phi) is 72.7. The van der Waals surface area contributed by atoms with Crippen LogP contribution in [-0.2, 0) is 65.4 Å². The minimum absolute atomic E-state index is 0.0382. The number of esters is 4. The van der Waals surface area contributed by atoms with Gasteiger partial charge in [0.1, 0.15) is 19.3 Å². The maximum absolute atomic E-state index is 13.1. The Morgan fingerprint density at radius 1 is 0.275 bits per heavy atom. The van der Waals surface area contributed by atoms with Crippen molar-refractivity contribution in [1.29, 1.82) is 0 Å². The number of rotatable bonds is 77. The number of phosphoric ester groups is 2. The summed E-state index contributed by atoms with van der Waals surface area (Å²) in [6, 6.07) is 0. The van der Waals surface area contributed by atoms with Gasteiger partial charge in [-0.25, -0.2) is 9.13 Å². The molecule has 0 aliphatic heterocycles. The van der Waals surface area contributed by atoms with E-state index in [1.54, 1.807) is 0 Å². The maximum atomic E-state index is 13.1. The van der Waals surface area contributed by atoms with Crippen LogP contribution < -0.4 is 0 Å². The third-order valence-electron chi connectivity index (χ3n) is 17.3. The lowest BCUT2D eigenvalue weighted by Gasteiger charge is -2.21. The quantitative estimate of drug-likeness (QED) is 0.0169. The van der Waals surface area contributed by atoms with Crippen molar-refractivity contribution in [2.24, 2.45) is 0 Å². The number of aliphatic hydroxyl groups excluding tert-OH is 1. The van der Waals surface area contributed by atoms with Crippen molar-refractivity contribution >= 4 is 39.5 Å². The molecule has 0 fully saturated rings. The van der Waals surface area contributed by atoms with Gasteiger partial charge in [-0.15, -0.1) is 0 Å². The first kappa shape index (κ1) is 98.2. The summed E-state index contributed by atoms with van der Waals surface area (Å²) in [5.74, 6) is -2.26. The molecule has 0 aliphatic rings. The summed E-state index contributed by atoms with van der Waals surface area (Å²) in [5, 5.41) is 10.6. The molecule has 0 saturated heterocycles. The standard InChI is InChI=1S/C83H148O17P2/c1-5-9-13-17-21-25-29-33-36-37-38-39-42-45-48-52-56-60-64-68-81(86)94-74-79(100-83(88)70-66-62-58-54-50-46-41-35-31-27-23-19-15-11-7-3)76-98-102(91,92)96-72-77(84)71-95-101(89,90)97-75-78(99-82(87)69-65-61-57-53-49-43-32-28-24-20-16-12-8-4)73-93-80(85)67-63-59-55-51-47-44-40-34-30-26-22-18-14-10-6-2/h21,25-26,30,33,35-36,38-39,41,45,48,56,60,77-79,84H,5-20,22-24,27-29,31-32,34,37,40,42-44,46-47,49-55,57-59,61-76H2,1-4H3,(H,89,90)(H,91,92)/b25-21-,30-26-,36-33-,39-38-,41-35-,48-45-,60-56-/t77-,78+,79+/m0/s1. The first-order valence-electron chi connectivity index (χ1n) is 40.8. The molecule has 0 aromatic rings. The highest BCUT2D eigenvalue weighted by Gasteiger charge is 2.30. The van der Waals surface area contributed by atoms with Gasteiger partial charge in [0.25, 0.3) is 0 Å². The third kappa shape index (κ3) is 74.5. The summed E-state index contributed by atoms with van der Waals surface area (Å²) in [6.45, 7) is 4.79. The summed E-state index contributed by atoms with van der Waals surface area (Å²) in [7, 11) is -9.97. The van der Waals surface area contributed by atoms with Gasteiger partial charge < -0.3 is 33.8 Å². The van der Waals surface area contributed by atoms with Crippen LogP contribution in [0, 0.1) is 0 Å². The predicted molar refractivity (Wildman–Crippen MR) is 418 cm³/mol. The van der Waals surface area contributed by atoms with Gasteiger partial charge in [0.05, 0.1) is 26.4 Å². The number of unbranched alkanes of at least 4 members (excludes halogenated alkanes) is 37. The molecule has 0 aromatic heterocycles. The third-order valence-corrected chi connectivity index (χ3v) is 19.2. The lowest BCUT2D eigenvalue weighted by Crippen LogP contribution is -2.30. The molecule has 5 atom stereocenters.